The van der Waals surface area contributed by atoms with Gasteiger partial charge in [0, 0.05) is 23.9 Å². The monoisotopic (exact) mass is 359 g/mol. The summed E-state index contributed by atoms with van der Waals surface area (Å²) in [6.07, 6.45) is -3.92. The van der Waals surface area contributed by atoms with E-state index < -0.39 is 18.0 Å². The van der Waals surface area contributed by atoms with Gasteiger partial charge in [-0.2, -0.15) is 18.3 Å². The highest BCUT2D eigenvalue weighted by Gasteiger charge is 2.36. The molecule has 0 fully saturated rings. The van der Waals surface area contributed by atoms with Crippen molar-refractivity contribution < 1.29 is 22.3 Å². The zero-order valence-electron chi connectivity index (χ0n) is 14.5. The van der Waals surface area contributed by atoms with Gasteiger partial charge in [-0.15, -0.1) is 0 Å². The van der Waals surface area contributed by atoms with Crippen molar-refractivity contribution in [3.63, 3.8) is 0 Å². The van der Waals surface area contributed by atoms with E-state index in [1.807, 2.05) is 6.92 Å². The van der Waals surface area contributed by atoms with Gasteiger partial charge in [0.15, 0.2) is 5.82 Å². The predicted octanol–water partition coefficient (Wildman–Crippen LogP) is 4.64. The van der Waals surface area contributed by atoms with Gasteiger partial charge >= 0.3 is 6.18 Å². The number of aryl methyl sites for hydroxylation is 2. The Bertz CT molecular complexity index is 740. The van der Waals surface area contributed by atoms with Crippen LogP contribution in [0.5, 0.6) is 5.75 Å². The van der Waals surface area contributed by atoms with Crippen LogP contribution in [0.4, 0.5) is 23.2 Å². The SMILES string of the molecule is CCc1nn(CC)c(-c2ccc(N[C@H](C)C(F)(F)F)cc2OC)c1F. The zero-order chi connectivity index (χ0) is 18.8. The third-order valence-electron chi connectivity index (χ3n) is 3.93. The first kappa shape index (κ1) is 19.1. The number of hydrogen-bond donors (Lipinski definition) is 1. The maximum atomic E-state index is 14.6. The lowest BCUT2D eigenvalue weighted by atomic mass is 10.1. The number of nitrogens with zero attached hydrogens (tertiary/aromatic N) is 2. The summed E-state index contributed by atoms with van der Waals surface area (Å²) in [6.45, 7) is 5.13. The number of nitrogens with one attached hydrogen (secondary N) is 1. The average molecular weight is 359 g/mol. The second-order valence-electron chi connectivity index (χ2n) is 5.60. The summed E-state index contributed by atoms with van der Waals surface area (Å²) in [5.74, 6) is -0.164. The van der Waals surface area contributed by atoms with Crippen LogP contribution in [-0.2, 0) is 13.0 Å². The molecule has 2 aromatic rings. The third-order valence-corrected chi connectivity index (χ3v) is 3.93. The normalized spacial score (nSPS) is 13.0. The number of halogens is 4. The van der Waals surface area contributed by atoms with E-state index in [-0.39, 0.29) is 17.1 Å². The fraction of sp³-hybridized carbons (Fsp3) is 0.471. The molecule has 0 amide bonds. The van der Waals surface area contributed by atoms with E-state index in [0.29, 0.717) is 24.2 Å². The maximum absolute atomic E-state index is 14.6. The molecule has 1 aromatic heterocycles. The van der Waals surface area contributed by atoms with Crippen LogP contribution in [-0.4, -0.2) is 29.1 Å². The van der Waals surface area contributed by atoms with E-state index in [0.717, 1.165) is 6.92 Å². The van der Waals surface area contributed by atoms with E-state index in [4.69, 9.17) is 4.74 Å². The van der Waals surface area contributed by atoms with Crippen LogP contribution >= 0.6 is 0 Å². The maximum Gasteiger partial charge on any atom is 0.408 e. The quantitative estimate of drug-likeness (QED) is 0.764. The molecular weight excluding hydrogens is 338 g/mol. The van der Waals surface area contributed by atoms with Crippen molar-refractivity contribution in [3.05, 3.63) is 29.7 Å². The van der Waals surface area contributed by atoms with Crippen molar-refractivity contribution in [1.29, 1.82) is 0 Å². The number of methoxy groups -OCH3 is 1. The van der Waals surface area contributed by atoms with Gasteiger partial charge < -0.3 is 10.1 Å². The second kappa shape index (κ2) is 7.33. The van der Waals surface area contributed by atoms with Crippen LogP contribution in [0.3, 0.4) is 0 Å². The molecule has 1 heterocycles. The van der Waals surface area contributed by atoms with Gasteiger partial charge in [-0.25, -0.2) is 4.39 Å². The minimum atomic E-state index is -4.37. The van der Waals surface area contributed by atoms with E-state index >= 15 is 0 Å². The number of hydrogen-bond acceptors (Lipinski definition) is 3. The Hall–Kier alpha value is -2.25. The number of alkyl halides is 3. The summed E-state index contributed by atoms with van der Waals surface area (Å²) >= 11 is 0. The summed E-state index contributed by atoms with van der Waals surface area (Å²) in [7, 11) is 1.39. The average Bonchev–Trinajstić information content (AvgIpc) is 2.89. The molecule has 1 N–H and O–H groups in total. The van der Waals surface area contributed by atoms with Crippen LogP contribution in [0.1, 0.15) is 26.5 Å². The lowest BCUT2D eigenvalue weighted by Gasteiger charge is -2.19. The smallest absolute Gasteiger partial charge is 0.408 e. The highest BCUT2D eigenvalue weighted by Crippen LogP contribution is 2.36. The van der Waals surface area contributed by atoms with Crippen molar-refractivity contribution in [2.45, 2.75) is 46.0 Å². The Morgan fingerprint density at radius 2 is 1.96 bits per heavy atom. The molecule has 0 spiro atoms. The Kier molecular flexibility index (Phi) is 5.59. The van der Waals surface area contributed by atoms with Crippen LogP contribution in [0.2, 0.25) is 0 Å². The van der Waals surface area contributed by atoms with Crippen molar-refractivity contribution in [2.24, 2.45) is 0 Å². The van der Waals surface area contributed by atoms with E-state index in [1.54, 1.807) is 6.92 Å². The number of ether oxygens (including phenoxy) is 1. The fourth-order valence-electron chi connectivity index (χ4n) is 2.51. The van der Waals surface area contributed by atoms with Crippen LogP contribution in [0, 0.1) is 5.82 Å². The molecule has 8 heteroatoms. The summed E-state index contributed by atoms with van der Waals surface area (Å²) in [4.78, 5) is 0. The minimum absolute atomic E-state index is 0.240. The Balaban J connectivity index is 2.46. The van der Waals surface area contributed by atoms with Gasteiger partial charge in [-0.3, -0.25) is 4.68 Å². The number of aromatic nitrogens is 2. The molecule has 0 aliphatic carbocycles. The molecule has 1 aromatic carbocycles. The van der Waals surface area contributed by atoms with Gasteiger partial charge in [0.05, 0.1) is 12.8 Å². The zero-order valence-corrected chi connectivity index (χ0v) is 14.5. The number of anilines is 1. The van der Waals surface area contributed by atoms with E-state index in [1.165, 1.54) is 30.0 Å². The topological polar surface area (TPSA) is 39.1 Å². The molecule has 4 nitrogen and oxygen atoms in total. The van der Waals surface area contributed by atoms with Crippen LogP contribution in [0.25, 0.3) is 11.3 Å². The molecular formula is C17H21F4N3O. The van der Waals surface area contributed by atoms with Crippen LogP contribution < -0.4 is 10.1 Å². The standard InChI is InChI=1S/C17H21F4N3O/c1-5-13-15(18)16(24(6-2)23-13)12-8-7-11(9-14(12)25-4)22-10(3)17(19,20)21/h7-10,22H,5-6H2,1-4H3/t10-/m1/s1. The highest BCUT2D eigenvalue weighted by molar-refractivity contribution is 5.72. The molecule has 25 heavy (non-hydrogen) atoms. The molecule has 0 saturated carbocycles. The number of benzene rings is 1. The van der Waals surface area contributed by atoms with E-state index in [9.17, 15) is 17.6 Å². The molecule has 0 bridgehead atoms. The largest absolute Gasteiger partial charge is 0.496 e. The molecule has 0 saturated heterocycles. The van der Waals surface area contributed by atoms with E-state index in [2.05, 4.69) is 10.4 Å². The number of rotatable bonds is 6. The predicted molar refractivity (Wildman–Crippen MR) is 88.4 cm³/mol. The minimum Gasteiger partial charge on any atom is -0.496 e. The van der Waals surface area contributed by atoms with Crippen molar-refractivity contribution in [1.82, 2.24) is 9.78 Å². The molecule has 138 valence electrons. The molecule has 0 aliphatic heterocycles. The van der Waals surface area contributed by atoms with Crippen LogP contribution in [0.15, 0.2) is 18.2 Å². The van der Waals surface area contributed by atoms with Crippen molar-refractivity contribution >= 4 is 5.69 Å². The summed E-state index contributed by atoms with van der Waals surface area (Å²) in [5.41, 5.74) is 1.29. The first-order chi connectivity index (χ1) is 11.7. The first-order valence-electron chi connectivity index (χ1n) is 7.99. The summed E-state index contributed by atoms with van der Waals surface area (Å²) in [6, 6.07) is 2.72. The van der Waals surface area contributed by atoms with Gasteiger partial charge in [0.2, 0.25) is 0 Å². The Labute approximate surface area is 143 Å². The van der Waals surface area contributed by atoms with Gasteiger partial charge in [0.1, 0.15) is 17.5 Å². The van der Waals surface area contributed by atoms with Gasteiger partial charge in [-0.1, -0.05) is 6.92 Å². The fourth-order valence-corrected chi connectivity index (χ4v) is 2.51. The summed E-state index contributed by atoms with van der Waals surface area (Å²) < 4.78 is 59.5. The Morgan fingerprint density at radius 3 is 2.48 bits per heavy atom. The molecule has 0 aliphatic rings. The van der Waals surface area contributed by atoms with Gasteiger partial charge in [-0.05, 0) is 32.4 Å². The molecule has 0 unspecified atom stereocenters. The highest BCUT2D eigenvalue weighted by atomic mass is 19.4. The second-order valence-corrected chi connectivity index (χ2v) is 5.60. The lowest BCUT2D eigenvalue weighted by Crippen LogP contribution is -2.33. The lowest BCUT2D eigenvalue weighted by molar-refractivity contribution is -0.138. The molecule has 0 radical (unpaired) electrons. The Morgan fingerprint density at radius 1 is 1.28 bits per heavy atom. The summed E-state index contributed by atoms with van der Waals surface area (Å²) in [5, 5.41) is 6.60. The van der Waals surface area contributed by atoms with Crippen molar-refractivity contribution in [3.8, 4) is 17.0 Å². The molecule has 2 rings (SSSR count). The van der Waals surface area contributed by atoms with Gasteiger partial charge in [0.25, 0.3) is 0 Å². The van der Waals surface area contributed by atoms with Crippen molar-refractivity contribution in [2.75, 3.05) is 12.4 Å². The first-order valence-corrected chi connectivity index (χ1v) is 7.99. The molecule has 1 atom stereocenters. The third kappa shape index (κ3) is 3.88.